The molecule has 0 spiro atoms. The number of ether oxygens (including phenoxy) is 1. The van der Waals surface area contributed by atoms with Crippen molar-refractivity contribution in [3.8, 4) is 0 Å². The van der Waals surface area contributed by atoms with Gasteiger partial charge in [-0.25, -0.2) is 9.79 Å². The summed E-state index contributed by atoms with van der Waals surface area (Å²) in [5.74, 6) is -0.985. The van der Waals surface area contributed by atoms with E-state index in [-0.39, 0.29) is 12.1 Å². The number of rotatable bonds is 8. The molecule has 134 valence electrons. The van der Waals surface area contributed by atoms with Crippen molar-refractivity contribution in [2.24, 2.45) is 4.99 Å². The van der Waals surface area contributed by atoms with Crippen LogP contribution in [0.1, 0.15) is 42.1 Å². The molecule has 2 aromatic carbocycles. The lowest BCUT2D eigenvalue weighted by Crippen LogP contribution is -2.19. The second kappa shape index (κ2) is 10.8. The molecule has 0 aliphatic carbocycles. The number of benzene rings is 2. The smallest absolute Gasteiger partial charge is 0.353 e. The van der Waals surface area contributed by atoms with E-state index in [0.29, 0.717) is 12.2 Å². The maximum absolute atomic E-state index is 12.3. The van der Waals surface area contributed by atoms with Crippen LogP contribution < -0.4 is 0 Å². The lowest BCUT2D eigenvalue weighted by molar-refractivity contribution is -0.135. The number of hydrogen-bond acceptors (Lipinski definition) is 3. The Balaban J connectivity index is 2.12. The van der Waals surface area contributed by atoms with Crippen molar-refractivity contribution in [2.75, 3.05) is 6.61 Å². The molecule has 0 radical (unpaired) electrons. The lowest BCUT2D eigenvalue weighted by atomic mass is 10.1. The van der Waals surface area contributed by atoms with E-state index in [1.807, 2.05) is 55.5 Å². The Bertz CT molecular complexity index is 764. The maximum Gasteiger partial charge on any atom is 0.353 e. The number of allylic oxidation sites excluding steroid dienone is 1. The number of carbonyl (C=O) groups excluding carboxylic acids is 2. The van der Waals surface area contributed by atoms with Crippen LogP contribution in [0.25, 0.3) is 6.08 Å². The summed E-state index contributed by atoms with van der Waals surface area (Å²) in [5.41, 5.74) is 1.57. The van der Waals surface area contributed by atoms with E-state index in [4.69, 9.17) is 4.74 Å². The van der Waals surface area contributed by atoms with Gasteiger partial charge in [-0.3, -0.25) is 4.79 Å². The summed E-state index contributed by atoms with van der Waals surface area (Å²) in [6.07, 6.45) is 5.65. The molecule has 4 heteroatoms. The fourth-order valence-corrected chi connectivity index (χ4v) is 2.21. The summed E-state index contributed by atoms with van der Waals surface area (Å²) in [6, 6.07) is 18.4. The molecule has 26 heavy (non-hydrogen) atoms. The quantitative estimate of drug-likeness (QED) is 0.394. The average Bonchev–Trinajstić information content (AvgIpc) is 2.68. The van der Waals surface area contributed by atoms with Crippen molar-refractivity contribution in [3.63, 3.8) is 0 Å². The number of carbonyl (C=O) groups is 2. The molecule has 4 nitrogen and oxygen atoms in total. The van der Waals surface area contributed by atoms with Gasteiger partial charge in [-0.05, 0) is 24.1 Å². The van der Waals surface area contributed by atoms with Crippen LogP contribution in [0.3, 0.4) is 0 Å². The van der Waals surface area contributed by atoms with Crippen molar-refractivity contribution in [3.05, 3.63) is 77.9 Å². The molecule has 0 aliphatic rings. The Morgan fingerprint density at radius 2 is 1.65 bits per heavy atom. The third kappa shape index (κ3) is 6.48. The minimum atomic E-state index is -0.541. The Kier molecular flexibility index (Phi) is 8.00. The predicted octanol–water partition coefficient (Wildman–Crippen LogP) is 4.71. The second-order valence-corrected chi connectivity index (χ2v) is 5.74. The first-order valence-electron chi connectivity index (χ1n) is 8.76. The maximum atomic E-state index is 12.3. The van der Waals surface area contributed by atoms with Crippen molar-refractivity contribution in [1.82, 2.24) is 0 Å². The number of esters is 1. The summed E-state index contributed by atoms with van der Waals surface area (Å²) in [7, 11) is 0. The summed E-state index contributed by atoms with van der Waals surface area (Å²) in [6.45, 7) is 2.35. The van der Waals surface area contributed by atoms with Crippen LogP contribution in [-0.4, -0.2) is 24.2 Å². The first-order valence-corrected chi connectivity index (χ1v) is 8.76. The minimum Gasteiger partial charge on any atom is -0.461 e. The van der Waals surface area contributed by atoms with Gasteiger partial charge in [0.1, 0.15) is 5.71 Å². The molecule has 0 heterocycles. The van der Waals surface area contributed by atoms with Gasteiger partial charge in [0.2, 0.25) is 0 Å². The number of hydrogen-bond donors (Lipinski definition) is 0. The van der Waals surface area contributed by atoms with Crippen LogP contribution >= 0.6 is 0 Å². The van der Waals surface area contributed by atoms with Gasteiger partial charge in [0.15, 0.2) is 0 Å². The van der Waals surface area contributed by atoms with Gasteiger partial charge in [0.25, 0.3) is 5.91 Å². The highest BCUT2D eigenvalue weighted by Gasteiger charge is 2.14. The van der Waals surface area contributed by atoms with E-state index in [1.54, 1.807) is 24.3 Å². The van der Waals surface area contributed by atoms with E-state index < -0.39 is 11.9 Å². The molecule has 0 saturated heterocycles. The topological polar surface area (TPSA) is 55.7 Å². The number of amides is 1. The highest BCUT2D eigenvalue weighted by atomic mass is 16.5. The molecule has 0 fully saturated rings. The zero-order valence-corrected chi connectivity index (χ0v) is 14.9. The van der Waals surface area contributed by atoms with E-state index >= 15 is 0 Å². The van der Waals surface area contributed by atoms with Gasteiger partial charge in [-0.1, -0.05) is 74.0 Å². The van der Waals surface area contributed by atoms with Crippen molar-refractivity contribution < 1.29 is 14.3 Å². The third-order valence-electron chi connectivity index (χ3n) is 3.64. The molecule has 2 aromatic rings. The Hall–Kier alpha value is -3.01. The van der Waals surface area contributed by atoms with Crippen LogP contribution in [0, 0.1) is 0 Å². The normalized spacial score (nSPS) is 11.5. The van der Waals surface area contributed by atoms with E-state index in [9.17, 15) is 9.59 Å². The predicted molar refractivity (Wildman–Crippen MR) is 104 cm³/mol. The van der Waals surface area contributed by atoms with E-state index in [0.717, 1.165) is 18.4 Å². The molecular weight excluding hydrogens is 326 g/mol. The Labute approximate surface area is 154 Å². The molecule has 0 aromatic heterocycles. The Morgan fingerprint density at radius 1 is 1.00 bits per heavy atom. The summed E-state index contributed by atoms with van der Waals surface area (Å²) < 4.78 is 5.23. The highest BCUT2D eigenvalue weighted by Crippen LogP contribution is 2.06. The largest absolute Gasteiger partial charge is 0.461 e. The number of unbranched alkanes of at least 4 members (excludes halogenated alkanes) is 1. The lowest BCUT2D eigenvalue weighted by Gasteiger charge is -2.05. The number of nitrogens with zero attached hydrogens (tertiary/aromatic N) is 1. The monoisotopic (exact) mass is 349 g/mol. The van der Waals surface area contributed by atoms with Gasteiger partial charge in [0, 0.05) is 12.0 Å². The average molecular weight is 349 g/mol. The molecule has 0 aliphatic heterocycles. The number of aliphatic imine (C=N–C) groups is 1. The molecule has 2 rings (SSSR count). The zero-order chi connectivity index (χ0) is 18.6. The fraction of sp³-hybridized carbons (Fsp3) is 0.227. The molecule has 0 unspecified atom stereocenters. The second-order valence-electron chi connectivity index (χ2n) is 5.74. The van der Waals surface area contributed by atoms with Crippen molar-refractivity contribution in [1.29, 1.82) is 0 Å². The SMILES string of the molecule is CCCCOC(=O)C(C/C=C/c1ccccc1)=NC(=O)c1ccccc1. The van der Waals surface area contributed by atoms with Gasteiger partial charge in [0.05, 0.1) is 6.61 Å². The Morgan fingerprint density at radius 3 is 2.31 bits per heavy atom. The molecule has 0 bridgehead atoms. The standard InChI is InChI=1S/C22H23NO3/c1-2-3-17-26-22(25)20(16-10-13-18-11-6-4-7-12-18)23-21(24)19-14-8-5-9-15-19/h4-15H,2-3,16-17H2,1H3/b13-10+,23-20?. The molecule has 0 N–H and O–H groups in total. The molecule has 1 amide bonds. The van der Waals surface area contributed by atoms with Gasteiger partial charge in [-0.15, -0.1) is 0 Å². The van der Waals surface area contributed by atoms with Crippen molar-refractivity contribution in [2.45, 2.75) is 26.2 Å². The van der Waals surface area contributed by atoms with Crippen LogP contribution in [0.2, 0.25) is 0 Å². The molecular formula is C22H23NO3. The highest BCUT2D eigenvalue weighted by molar-refractivity contribution is 6.39. The zero-order valence-electron chi connectivity index (χ0n) is 14.9. The molecule has 0 saturated carbocycles. The van der Waals surface area contributed by atoms with Gasteiger partial charge < -0.3 is 4.74 Å². The summed E-state index contributed by atoms with van der Waals surface area (Å²) in [5, 5.41) is 0. The van der Waals surface area contributed by atoms with E-state index in [1.165, 1.54) is 0 Å². The van der Waals surface area contributed by atoms with Crippen LogP contribution in [0.4, 0.5) is 0 Å². The van der Waals surface area contributed by atoms with Gasteiger partial charge >= 0.3 is 5.97 Å². The third-order valence-corrected chi connectivity index (χ3v) is 3.64. The fourth-order valence-electron chi connectivity index (χ4n) is 2.21. The van der Waals surface area contributed by atoms with Gasteiger partial charge in [-0.2, -0.15) is 0 Å². The van der Waals surface area contributed by atoms with Crippen molar-refractivity contribution >= 4 is 23.7 Å². The minimum absolute atomic E-state index is 0.113. The van der Waals surface area contributed by atoms with Crippen LogP contribution in [0.5, 0.6) is 0 Å². The first kappa shape index (κ1) is 19.3. The first-order chi connectivity index (χ1) is 12.7. The van der Waals surface area contributed by atoms with E-state index in [2.05, 4.69) is 4.99 Å². The molecule has 0 atom stereocenters. The summed E-state index contributed by atoms with van der Waals surface area (Å²) in [4.78, 5) is 28.6. The van der Waals surface area contributed by atoms with Crippen LogP contribution in [0.15, 0.2) is 71.7 Å². The summed E-state index contributed by atoms with van der Waals surface area (Å²) >= 11 is 0. The van der Waals surface area contributed by atoms with Crippen LogP contribution in [-0.2, 0) is 9.53 Å².